The maximum Gasteiger partial charge on any atom is 0.355 e. The third-order valence-corrected chi connectivity index (χ3v) is 4.81. The van der Waals surface area contributed by atoms with E-state index >= 15 is 0 Å². The van der Waals surface area contributed by atoms with E-state index in [-0.39, 0.29) is 36.7 Å². The number of amides is 1. The zero-order chi connectivity index (χ0) is 23.0. The minimum atomic E-state index is -0.536. The molecule has 2 rings (SSSR count). The van der Waals surface area contributed by atoms with E-state index in [0.717, 1.165) is 6.07 Å². The number of aromatic amines is 1. The van der Waals surface area contributed by atoms with E-state index in [1.54, 1.807) is 20.8 Å². The Bertz CT molecular complexity index is 938. The molecule has 31 heavy (non-hydrogen) atoms. The second kappa shape index (κ2) is 11.4. The highest BCUT2D eigenvalue weighted by Crippen LogP contribution is 2.20. The van der Waals surface area contributed by atoms with Crippen LogP contribution in [0.1, 0.15) is 62.7 Å². The molecule has 1 N–H and O–H groups in total. The lowest BCUT2D eigenvalue weighted by Crippen LogP contribution is -2.37. The Hall–Kier alpha value is -3.00. The molecule has 0 spiro atoms. The third-order valence-electron chi connectivity index (χ3n) is 4.81. The number of hydrogen-bond acceptors (Lipinski definition) is 5. The van der Waals surface area contributed by atoms with Gasteiger partial charge in [0.1, 0.15) is 11.5 Å². The van der Waals surface area contributed by atoms with Crippen molar-refractivity contribution in [2.24, 2.45) is 0 Å². The van der Waals surface area contributed by atoms with Gasteiger partial charge >= 0.3 is 5.97 Å². The van der Waals surface area contributed by atoms with Gasteiger partial charge < -0.3 is 19.4 Å². The summed E-state index contributed by atoms with van der Waals surface area (Å²) >= 11 is 0. The molecule has 7 nitrogen and oxygen atoms in total. The fraction of sp³-hybridized carbons (Fsp3) is 0.435. The number of rotatable bonds is 11. The van der Waals surface area contributed by atoms with E-state index in [0.29, 0.717) is 36.5 Å². The molecule has 0 radical (unpaired) electrons. The summed E-state index contributed by atoms with van der Waals surface area (Å²) in [5.74, 6) is -1.82. The van der Waals surface area contributed by atoms with E-state index in [9.17, 15) is 18.8 Å². The Kier molecular flexibility index (Phi) is 8.93. The third kappa shape index (κ3) is 6.24. The molecule has 0 atom stereocenters. The van der Waals surface area contributed by atoms with Crippen LogP contribution in [-0.4, -0.2) is 60.5 Å². The molecule has 1 heterocycles. The number of carbonyl (C=O) groups excluding carboxylic acids is 3. The van der Waals surface area contributed by atoms with E-state index in [1.807, 2.05) is 6.92 Å². The molecule has 0 bridgehead atoms. The van der Waals surface area contributed by atoms with Gasteiger partial charge in [-0.05, 0) is 57.9 Å². The summed E-state index contributed by atoms with van der Waals surface area (Å²) in [6.45, 7) is 8.20. The molecule has 1 amide bonds. The molecule has 0 fully saturated rings. The molecule has 1 aromatic heterocycles. The van der Waals surface area contributed by atoms with E-state index in [4.69, 9.17) is 9.47 Å². The summed E-state index contributed by atoms with van der Waals surface area (Å²) in [5, 5.41) is 0. The van der Waals surface area contributed by atoms with Crippen molar-refractivity contribution >= 4 is 17.7 Å². The monoisotopic (exact) mass is 432 g/mol. The first-order valence-corrected chi connectivity index (χ1v) is 10.3. The normalized spacial score (nSPS) is 10.7. The Balaban J connectivity index is 2.26. The first-order chi connectivity index (χ1) is 14.8. The van der Waals surface area contributed by atoms with Crippen LogP contribution in [-0.2, 0) is 9.47 Å². The fourth-order valence-corrected chi connectivity index (χ4v) is 3.39. The van der Waals surface area contributed by atoms with Gasteiger partial charge in [0, 0.05) is 36.6 Å². The van der Waals surface area contributed by atoms with Crippen LogP contribution in [0.4, 0.5) is 4.39 Å². The molecule has 168 valence electrons. The zero-order valence-electron chi connectivity index (χ0n) is 18.4. The Morgan fingerprint density at radius 1 is 1.13 bits per heavy atom. The second-order valence-corrected chi connectivity index (χ2v) is 7.06. The Morgan fingerprint density at radius 2 is 1.87 bits per heavy atom. The number of carbonyl (C=O) groups is 3. The summed E-state index contributed by atoms with van der Waals surface area (Å²) < 4.78 is 24.0. The smallest absolute Gasteiger partial charge is 0.355 e. The molecular formula is C23H29FN2O5. The minimum Gasteiger partial charge on any atom is -0.461 e. The van der Waals surface area contributed by atoms with Crippen LogP contribution < -0.4 is 0 Å². The number of esters is 1. The highest BCUT2D eigenvalue weighted by Gasteiger charge is 2.26. The van der Waals surface area contributed by atoms with Gasteiger partial charge in [-0.15, -0.1) is 0 Å². The fourth-order valence-electron chi connectivity index (χ4n) is 3.39. The molecule has 8 heteroatoms. The highest BCUT2D eigenvalue weighted by molar-refractivity contribution is 6.05. The van der Waals surface area contributed by atoms with Crippen LogP contribution in [0, 0.1) is 19.7 Å². The van der Waals surface area contributed by atoms with Gasteiger partial charge in [0.2, 0.25) is 0 Å². The van der Waals surface area contributed by atoms with Crippen LogP contribution in [0.15, 0.2) is 24.3 Å². The average molecular weight is 432 g/mol. The highest BCUT2D eigenvalue weighted by atomic mass is 19.1. The van der Waals surface area contributed by atoms with Gasteiger partial charge in [-0.3, -0.25) is 9.59 Å². The van der Waals surface area contributed by atoms with Crippen LogP contribution in [0.5, 0.6) is 0 Å². The summed E-state index contributed by atoms with van der Waals surface area (Å²) in [4.78, 5) is 42.5. The van der Waals surface area contributed by atoms with Crippen molar-refractivity contribution in [1.29, 1.82) is 0 Å². The van der Waals surface area contributed by atoms with Crippen molar-refractivity contribution in [3.05, 3.63) is 58.2 Å². The number of nitrogens with one attached hydrogen (secondary N) is 1. The van der Waals surface area contributed by atoms with Crippen LogP contribution in [0.2, 0.25) is 0 Å². The number of ketones is 1. The lowest BCUT2D eigenvalue weighted by Gasteiger charge is -2.22. The van der Waals surface area contributed by atoms with Crippen molar-refractivity contribution < 1.29 is 28.2 Å². The predicted octanol–water partition coefficient (Wildman–Crippen LogP) is 3.70. The van der Waals surface area contributed by atoms with E-state index < -0.39 is 17.7 Å². The van der Waals surface area contributed by atoms with Crippen molar-refractivity contribution in [3.8, 4) is 0 Å². The van der Waals surface area contributed by atoms with Gasteiger partial charge in [-0.25, -0.2) is 9.18 Å². The minimum absolute atomic E-state index is 0.166. The molecule has 0 aliphatic rings. The molecule has 0 aliphatic heterocycles. The van der Waals surface area contributed by atoms with Gasteiger partial charge in [0.15, 0.2) is 5.78 Å². The van der Waals surface area contributed by atoms with E-state index in [1.165, 1.54) is 23.1 Å². The van der Waals surface area contributed by atoms with Gasteiger partial charge in [-0.2, -0.15) is 0 Å². The first kappa shape index (κ1) is 24.3. The SMILES string of the molecule is CCOCCCN(CC(=O)c1c(C)[nH]c(C(=O)OCC)c1C)C(=O)c1cccc(F)c1. The standard InChI is InChI=1S/C23H29FN2O5/c1-5-30-12-8-11-26(22(28)17-9-7-10-18(24)13-17)14-19(27)20-15(3)21(25-16(20)4)23(29)31-6-2/h7,9-10,13,25H,5-6,8,11-12,14H2,1-4H3. The number of halogens is 1. The topological polar surface area (TPSA) is 88.7 Å². The van der Waals surface area contributed by atoms with Crippen LogP contribution in [0.3, 0.4) is 0 Å². The lowest BCUT2D eigenvalue weighted by molar-refractivity contribution is 0.0519. The Labute approximate surface area is 181 Å². The second-order valence-electron chi connectivity index (χ2n) is 7.06. The number of H-pyrrole nitrogens is 1. The number of Topliss-reactive ketones (excluding diaryl/α,β-unsaturated/α-hetero) is 1. The number of benzene rings is 1. The van der Waals surface area contributed by atoms with Gasteiger partial charge in [-0.1, -0.05) is 6.07 Å². The van der Waals surface area contributed by atoms with Crippen molar-refractivity contribution in [2.75, 3.05) is 32.9 Å². The lowest BCUT2D eigenvalue weighted by atomic mass is 10.0. The average Bonchev–Trinajstić information content (AvgIpc) is 3.04. The largest absolute Gasteiger partial charge is 0.461 e. The molecular weight excluding hydrogens is 403 g/mol. The van der Waals surface area contributed by atoms with Gasteiger partial charge in [0.25, 0.3) is 5.91 Å². The summed E-state index contributed by atoms with van der Waals surface area (Å²) in [5.41, 5.74) is 1.75. The summed E-state index contributed by atoms with van der Waals surface area (Å²) in [6.07, 6.45) is 0.529. The molecule has 0 aliphatic carbocycles. The van der Waals surface area contributed by atoms with Crippen molar-refractivity contribution in [1.82, 2.24) is 9.88 Å². The van der Waals surface area contributed by atoms with Gasteiger partial charge in [0.05, 0.1) is 13.2 Å². The number of hydrogen-bond donors (Lipinski definition) is 1. The van der Waals surface area contributed by atoms with Crippen LogP contribution >= 0.6 is 0 Å². The van der Waals surface area contributed by atoms with Crippen molar-refractivity contribution in [2.45, 2.75) is 34.1 Å². The summed E-state index contributed by atoms with van der Waals surface area (Å²) in [6, 6.07) is 5.37. The predicted molar refractivity (Wildman–Crippen MR) is 114 cm³/mol. The molecule has 2 aromatic rings. The molecule has 0 saturated carbocycles. The Morgan fingerprint density at radius 3 is 2.52 bits per heavy atom. The quantitative estimate of drug-likeness (QED) is 0.332. The van der Waals surface area contributed by atoms with Crippen molar-refractivity contribution in [3.63, 3.8) is 0 Å². The number of aromatic nitrogens is 1. The van der Waals surface area contributed by atoms with E-state index in [2.05, 4.69) is 4.98 Å². The number of nitrogens with zero attached hydrogens (tertiary/aromatic N) is 1. The molecule has 0 saturated heterocycles. The number of ether oxygens (including phenoxy) is 2. The summed E-state index contributed by atoms with van der Waals surface area (Å²) in [7, 11) is 0. The van der Waals surface area contributed by atoms with Crippen LogP contribution in [0.25, 0.3) is 0 Å². The molecule has 1 aromatic carbocycles. The number of aryl methyl sites for hydroxylation is 1. The molecule has 0 unspecified atom stereocenters. The first-order valence-electron chi connectivity index (χ1n) is 10.3. The maximum atomic E-state index is 13.6. The zero-order valence-corrected chi connectivity index (χ0v) is 18.4. The maximum absolute atomic E-state index is 13.6.